The summed E-state index contributed by atoms with van der Waals surface area (Å²) in [7, 11) is 0. The van der Waals surface area contributed by atoms with Crippen LogP contribution in [0, 0.1) is 5.82 Å². The van der Waals surface area contributed by atoms with Gasteiger partial charge in [-0.05, 0) is 78.9 Å². The summed E-state index contributed by atoms with van der Waals surface area (Å²) < 4.78 is 12.9. The molecular formula is C21H15ClFN3O2S. The first-order chi connectivity index (χ1) is 13.9. The normalized spacial score (nSPS) is 10.1. The first-order valence-electron chi connectivity index (χ1n) is 8.45. The van der Waals surface area contributed by atoms with Crippen molar-refractivity contribution in [2.45, 2.75) is 0 Å². The van der Waals surface area contributed by atoms with E-state index in [1.54, 1.807) is 48.5 Å². The number of anilines is 2. The molecule has 3 aromatic carbocycles. The van der Waals surface area contributed by atoms with Crippen molar-refractivity contribution >= 4 is 52.1 Å². The van der Waals surface area contributed by atoms with Crippen molar-refractivity contribution in [2.24, 2.45) is 0 Å². The molecule has 0 atom stereocenters. The van der Waals surface area contributed by atoms with Gasteiger partial charge >= 0.3 is 0 Å². The molecule has 0 saturated heterocycles. The van der Waals surface area contributed by atoms with Crippen LogP contribution in [-0.2, 0) is 0 Å². The number of carbonyl (C=O) groups is 2. The smallest absolute Gasteiger partial charge is 0.257 e. The van der Waals surface area contributed by atoms with Crippen LogP contribution >= 0.6 is 23.8 Å². The number of amides is 2. The van der Waals surface area contributed by atoms with E-state index in [0.717, 1.165) is 0 Å². The Morgan fingerprint density at radius 2 is 1.41 bits per heavy atom. The minimum absolute atomic E-state index is 0.0926. The molecule has 0 bridgehead atoms. The van der Waals surface area contributed by atoms with E-state index in [2.05, 4.69) is 16.0 Å². The standard InChI is InChI=1S/C21H15ClFN3O2S/c22-15-3-1-2-14(12-15)20(28)24-17-8-10-18(11-9-17)25-21(29)26-19(27)13-4-6-16(23)7-5-13/h1-12H,(H,24,28)(H2,25,26,27,29). The Hall–Kier alpha value is -3.29. The first-order valence-corrected chi connectivity index (χ1v) is 9.24. The maximum atomic E-state index is 12.9. The summed E-state index contributed by atoms with van der Waals surface area (Å²) in [4.78, 5) is 24.3. The van der Waals surface area contributed by atoms with Gasteiger partial charge in [-0.25, -0.2) is 4.39 Å². The second-order valence-corrected chi connectivity index (χ2v) is 6.80. The fourth-order valence-electron chi connectivity index (χ4n) is 2.41. The van der Waals surface area contributed by atoms with E-state index in [1.165, 1.54) is 24.3 Å². The Kier molecular flexibility index (Phi) is 6.54. The second-order valence-electron chi connectivity index (χ2n) is 5.96. The van der Waals surface area contributed by atoms with Gasteiger partial charge in [0.15, 0.2) is 5.11 Å². The predicted molar refractivity (Wildman–Crippen MR) is 116 cm³/mol. The zero-order chi connectivity index (χ0) is 20.8. The lowest BCUT2D eigenvalue weighted by Crippen LogP contribution is -2.34. The minimum atomic E-state index is -0.451. The van der Waals surface area contributed by atoms with Gasteiger partial charge in [0.1, 0.15) is 5.82 Å². The third kappa shape index (κ3) is 5.84. The number of benzene rings is 3. The van der Waals surface area contributed by atoms with Gasteiger partial charge in [0.25, 0.3) is 11.8 Å². The van der Waals surface area contributed by atoms with Gasteiger partial charge in [-0.15, -0.1) is 0 Å². The monoisotopic (exact) mass is 427 g/mol. The fraction of sp³-hybridized carbons (Fsp3) is 0. The number of hydrogen-bond acceptors (Lipinski definition) is 3. The van der Waals surface area contributed by atoms with Crippen LogP contribution in [0.25, 0.3) is 0 Å². The van der Waals surface area contributed by atoms with E-state index in [4.69, 9.17) is 23.8 Å². The van der Waals surface area contributed by atoms with Crippen molar-refractivity contribution in [3.8, 4) is 0 Å². The lowest BCUT2D eigenvalue weighted by Gasteiger charge is -2.11. The van der Waals surface area contributed by atoms with Crippen molar-refractivity contribution in [1.82, 2.24) is 5.32 Å². The van der Waals surface area contributed by atoms with E-state index in [0.29, 0.717) is 22.0 Å². The Morgan fingerprint density at radius 3 is 2.03 bits per heavy atom. The molecule has 0 unspecified atom stereocenters. The Labute approximate surface area is 176 Å². The van der Waals surface area contributed by atoms with Crippen LogP contribution < -0.4 is 16.0 Å². The van der Waals surface area contributed by atoms with Crippen LogP contribution in [0.1, 0.15) is 20.7 Å². The zero-order valence-corrected chi connectivity index (χ0v) is 16.5. The van der Waals surface area contributed by atoms with E-state index < -0.39 is 11.7 Å². The first kappa shape index (κ1) is 20.4. The third-order valence-electron chi connectivity index (χ3n) is 3.82. The fourth-order valence-corrected chi connectivity index (χ4v) is 2.81. The summed E-state index contributed by atoms with van der Waals surface area (Å²) in [5.41, 5.74) is 1.94. The molecule has 0 aliphatic heterocycles. The van der Waals surface area contributed by atoms with Gasteiger partial charge < -0.3 is 10.6 Å². The minimum Gasteiger partial charge on any atom is -0.332 e. The molecule has 3 N–H and O–H groups in total. The second kappa shape index (κ2) is 9.27. The molecule has 146 valence electrons. The van der Waals surface area contributed by atoms with Gasteiger partial charge in [-0.3, -0.25) is 14.9 Å². The van der Waals surface area contributed by atoms with Gasteiger partial charge in [0.05, 0.1) is 0 Å². The van der Waals surface area contributed by atoms with Crippen molar-refractivity contribution in [2.75, 3.05) is 10.6 Å². The molecule has 0 spiro atoms. The molecule has 5 nitrogen and oxygen atoms in total. The summed E-state index contributed by atoms with van der Waals surface area (Å²) >= 11 is 11.0. The van der Waals surface area contributed by atoms with Gasteiger partial charge in [-0.1, -0.05) is 17.7 Å². The summed E-state index contributed by atoms with van der Waals surface area (Å²) in [5.74, 6) is -1.16. The highest BCUT2D eigenvalue weighted by Crippen LogP contribution is 2.16. The lowest BCUT2D eigenvalue weighted by atomic mass is 10.2. The summed E-state index contributed by atoms with van der Waals surface area (Å²) in [6.45, 7) is 0. The number of carbonyl (C=O) groups excluding carboxylic acids is 2. The van der Waals surface area contributed by atoms with E-state index in [9.17, 15) is 14.0 Å². The highest BCUT2D eigenvalue weighted by atomic mass is 35.5. The average molecular weight is 428 g/mol. The van der Waals surface area contributed by atoms with Gasteiger partial charge in [-0.2, -0.15) is 0 Å². The van der Waals surface area contributed by atoms with Crippen LogP contribution in [0.2, 0.25) is 5.02 Å². The maximum Gasteiger partial charge on any atom is 0.257 e. The SMILES string of the molecule is O=C(NC(=S)Nc1ccc(NC(=O)c2cccc(Cl)c2)cc1)c1ccc(F)cc1. The lowest BCUT2D eigenvalue weighted by molar-refractivity contribution is 0.0976. The molecule has 0 radical (unpaired) electrons. The van der Waals surface area contributed by atoms with Crippen LogP contribution in [0.5, 0.6) is 0 Å². The highest BCUT2D eigenvalue weighted by molar-refractivity contribution is 7.80. The van der Waals surface area contributed by atoms with Crippen LogP contribution in [0.4, 0.5) is 15.8 Å². The van der Waals surface area contributed by atoms with Crippen molar-refractivity contribution in [3.63, 3.8) is 0 Å². The van der Waals surface area contributed by atoms with Crippen molar-refractivity contribution in [3.05, 3.63) is 94.8 Å². The average Bonchev–Trinajstić information content (AvgIpc) is 2.70. The van der Waals surface area contributed by atoms with Gasteiger partial charge in [0, 0.05) is 27.5 Å². The summed E-state index contributed by atoms with van der Waals surface area (Å²) in [5, 5.41) is 8.72. The van der Waals surface area contributed by atoms with E-state index in [-0.39, 0.29) is 16.6 Å². The number of halogens is 2. The molecule has 0 aliphatic carbocycles. The number of rotatable bonds is 4. The third-order valence-corrected chi connectivity index (χ3v) is 4.26. The molecule has 2 amide bonds. The van der Waals surface area contributed by atoms with Crippen LogP contribution in [-0.4, -0.2) is 16.9 Å². The van der Waals surface area contributed by atoms with Crippen LogP contribution in [0.15, 0.2) is 72.8 Å². The largest absolute Gasteiger partial charge is 0.332 e. The molecule has 0 saturated carbocycles. The summed E-state index contributed by atoms with van der Waals surface area (Å²) in [6, 6.07) is 18.5. The molecule has 0 fully saturated rings. The highest BCUT2D eigenvalue weighted by Gasteiger charge is 2.09. The zero-order valence-electron chi connectivity index (χ0n) is 14.9. The Morgan fingerprint density at radius 1 is 0.793 bits per heavy atom. The number of thiocarbonyl (C=S) groups is 1. The molecular weight excluding hydrogens is 413 g/mol. The quantitative estimate of drug-likeness (QED) is 0.520. The maximum absolute atomic E-state index is 12.9. The molecule has 29 heavy (non-hydrogen) atoms. The molecule has 3 rings (SSSR count). The molecule has 0 aliphatic rings. The number of nitrogens with one attached hydrogen (secondary N) is 3. The Balaban J connectivity index is 1.55. The van der Waals surface area contributed by atoms with Crippen molar-refractivity contribution < 1.29 is 14.0 Å². The predicted octanol–water partition coefficient (Wildman–Crippen LogP) is 4.86. The summed E-state index contributed by atoms with van der Waals surface area (Å²) in [6.07, 6.45) is 0. The van der Waals surface area contributed by atoms with E-state index >= 15 is 0 Å². The number of hydrogen-bond donors (Lipinski definition) is 3. The van der Waals surface area contributed by atoms with Gasteiger partial charge in [0.2, 0.25) is 0 Å². The van der Waals surface area contributed by atoms with Crippen LogP contribution in [0.3, 0.4) is 0 Å². The molecule has 0 heterocycles. The molecule has 3 aromatic rings. The topological polar surface area (TPSA) is 70.2 Å². The molecule has 8 heteroatoms. The van der Waals surface area contributed by atoms with Crippen molar-refractivity contribution in [1.29, 1.82) is 0 Å². The molecule has 0 aromatic heterocycles. The Bertz CT molecular complexity index is 1060. The van der Waals surface area contributed by atoms with E-state index in [1.807, 2.05) is 0 Å².